The number of ether oxygens (including phenoxy) is 1. The van der Waals surface area contributed by atoms with Crippen LogP contribution in [0.4, 0.5) is 9.59 Å². The number of carbonyl (C=O) groups excluding carboxylic acids is 3. The zero-order chi connectivity index (χ0) is 29.3. The molecule has 222 valence electrons. The smallest absolute Gasteiger partial charge is 0.480 e. The van der Waals surface area contributed by atoms with Gasteiger partial charge in [0.05, 0.1) is 12.1 Å². The van der Waals surface area contributed by atoms with Gasteiger partial charge in [-0.3, -0.25) is 19.4 Å². The second-order valence-electron chi connectivity index (χ2n) is 11.7. The minimum atomic E-state index is -1.09. The van der Waals surface area contributed by atoms with E-state index in [9.17, 15) is 19.2 Å². The van der Waals surface area contributed by atoms with Crippen LogP contribution in [0.5, 0.6) is 0 Å². The lowest BCUT2D eigenvalue weighted by atomic mass is 9.91. The molecular weight excluding hydrogens is 516 g/mol. The third-order valence-corrected chi connectivity index (χ3v) is 5.68. The number of piperidine rings is 1. The molecule has 14 heteroatoms. The average molecular weight is 559 g/mol. The SMILES string of the molecule is CC(C)(C)OOC(=O)N(N=CCCCCCC(=O)N1CCC2(CC1)CN(CC(=O)O)C(=O)O2)OOC(C)(C)C. The molecule has 3 amide bonds. The molecule has 1 spiro atoms. The van der Waals surface area contributed by atoms with Gasteiger partial charge in [-0.15, -0.1) is 0 Å². The Labute approximate surface area is 228 Å². The number of amides is 3. The fourth-order valence-corrected chi connectivity index (χ4v) is 3.82. The Morgan fingerprint density at radius 2 is 1.69 bits per heavy atom. The monoisotopic (exact) mass is 558 g/mol. The Balaban J connectivity index is 1.69. The minimum absolute atomic E-state index is 0.0331. The molecule has 0 saturated carbocycles. The summed E-state index contributed by atoms with van der Waals surface area (Å²) < 4.78 is 5.48. The van der Waals surface area contributed by atoms with Crippen molar-refractivity contribution in [2.75, 3.05) is 26.2 Å². The van der Waals surface area contributed by atoms with E-state index in [1.165, 1.54) is 11.1 Å². The van der Waals surface area contributed by atoms with Crippen molar-refractivity contribution in [1.29, 1.82) is 0 Å². The van der Waals surface area contributed by atoms with E-state index < -0.39 is 35.0 Å². The van der Waals surface area contributed by atoms with Gasteiger partial charge in [-0.25, -0.2) is 14.5 Å². The zero-order valence-electron chi connectivity index (χ0n) is 23.8. The number of carbonyl (C=O) groups is 4. The summed E-state index contributed by atoms with van der Waals surface area (Å²) in [5.41, 5.74) is -2.12. The molecule has 0 atom stereocenters. The number of carboxylic acids is 1. The number of carboxylic acid groups (broad SMARTS) is 1. The summed E-state index contributed by atoms with van der Waals surface area (Å²) in [5, 5.41) is 13.5. The molecule has 2 aliphatic heterocycles. The molecule has 2 aliphatic rings. The maximum atomic E-state index is 12.6. The van der Waals surface area contributed by atoms with E-state index in [1.54, 1.807) is 46.4 Å². The molecule has 2 fully saturated rings. The summed E-state index contributed by atoms with van der Waals surface area (Å²) in [5.74, 6) is -1.05. The molecule has 2 saturated heterocycles. The van der Waals surface area contributed by atoms with Gasteiger partial charge in [0.1, 0.15) is 17.7 Å². The number of likely N-dealkylation sites (tertiary alicyclic amines) is 1. The van der Waals surface area contributed by atoms with E-state index in [1.807, 2.05) is 0 Å². The molecule has 0 radical (unpaired) electrons. The van der Waals surface area contributed by atoms with E-state index in [2.05, 4.69) is 5.10 Å². The number of hydrazone groups is 1. The fraction of sp³-hybridized carbons (Fsp3) is 0.800. The molecule has 2 heterocycles. The summed E-state index contributed by atoms with van der Waals surface area (Å²) in [6, 6.07) is 0. The number of rotatable bonds is 12. The largest absolute Gasteiger partial charge is 0.489 e. The highest BCUT2D eigenvalue weighted by Crippen LogP contribution is 2.33. The summed E-state index contributed by atoms with van der Waals surface area (Å²) >= 11 is 0. The predicted octanol–water partition coefficient (Wildman–Crippen LogP) is 3.65. The third kappa shape index (κ3) is 11.8. The number of unbranched alkanes of at least 4 members (excludes halogenated alkanes) is 3. The van der Waals surface area contributed by atoms with Crippen LogP contribution in [-0.2, 0) is 34.0 Å². The van der Waals surface area contributed by atoms with Gasteiger partial charge in [0.25, 0.3) is 0 Å². The zero-order valence-corrected chi connectivity index (χ0v) is 23.8. The van der Waals surface area contributed by atoms with E-state index in [0.717, 1.165) is 12.8 Å². The highest BCUT2D eigenvalue weighted by atomic mass is 17.3. The normalized spacial score (nSPS) is 17.5. The van der Waals surface area contributed by atoms with E-state index >= 15 is 0 Å². The summed E-state index contributed by atoms with van der Waals surface area (Å²) in [4.78, 5) is 70.6. The summed E-state index contributed by atoms with van der Waals surface area (Å²) in [7, 11) is 0. The predicted molar refractivity (Wildman–Crippen MR) is 137 cm³/mol. The maximum absolute atomic E-state index is 12.6. The highest BCUT2D eigenvalue weighted by Gasteiger charge is 2.47. The lowest BCUT2D eigenvalue weighted by Gasteiger charge is -2.37. The standard InChI is InChI=1S/C25H42N4O10/c1-23(2,3)37-36-22(34)29(39-38-24(4,5)6)26-14-10-8-7-9-11-19(30)27-15-12-25(13-16-27)18-28(17-20(31)32)21(33)35-25/h14H,7-13,15-18H2,1-6H3,(H,31,32). The lowest BCUT2D eigenvalue weighted by molar-refractivity contribution is -0.455. The van der Waals surface area contributed by atoms with Gasteiger partial charge in [-0.2, -0.15) is 9.99 Å². The number of hydroxylamine groups is 1. The van der Waals surface area contributed by atoms with Gasteiger partial charge in [-0.05, 0) is 66.0 Å². The molecule has 0 aromatic rings. The molecule has 1 N–H and O–H groups in total. The van der Waals surface area contributed by atoms with Gasteiger partial charge in [0.2, 0.25) is 5.91 Å². The molecular formula is C25H42N4O10. The Hall–Kier alpha value is -2.97. The van der Waals surface area contributed by atoms with Crippen LogP contribution in [0.25, 0.3) is 0 Å². The quantitative estimate of drug-likeness (QED) is 0.162. The number of nitrogens with zero attached hydrogens (tertiary/aromatic N) is 4. The van der Waals surface area contributed by atoms with Crippen molar-refractivity contribution in [2.45, 2.75) is 103 Å². The van der Waals surface area contributed by atoms with Gasteiger partial charge >= 0.3 is 18.2 Å². The van der Waals surface area contributed by atoms with Gasteiger partial charge in [0, 0.05) is 38.6 Å². The number of hydrogen-bond acceptors (Lipinski definition) is 10. The van der Waals surface area contributed by atoms with Crippen molar-refractivity contribution >= 4 is 30.3 Å². The Morgan fingerprint density at radius 1 is 1.05 bits per heavy atom. The highest BCUT2D eigenvalue weighted by molar-refractivity contribution is 5.79. The first-order valence-corrected chi connectivity index (χ1v) is 13.1. The fourth-order valence-electron chi connectivity index (χ4n) is 3.82. The second kappa shape index (κ2) is 13.9. The molecule has 0 aliphatic carbocycles. The molecule has 0 bridgehead atoms. The van der Waals surface area contributed by atoms with Crippen LogP contribution in [-0.4, -0.2) is 93.3 Å². The number of hydrogen-bond donors (Lipinski definition) is 1. The van der Waals surface area contributed by atoms with Gasteiger partial charge in [-0.1, -0.05) is 11.4 Å². The number of aliphatic carboxylic acids is 1. The van der Waals surface area contributed by atoms with E-state index in [0.29, 0.717) is 50.4 Å². The van der Waals surface area contributed by atoms with Crippen molar-refractivity contribution in [3.63, 3.8) is 0 Å². The van der Waals surface area contributed by atoms with Crippen LogP contribution in [0.3, 0.4) is 0 Å². The summed E-state index contributed by atoms with van der Waals surface area (Å²) in [6.07, 6.45) is 3.95. The van der Waals surface area contributed by atoms with E-state index in [-0.39, 0.29) is 19.0 Å². The first-order chi connectivity index (χ1) is 18.1. The van der Waals surface area contributed by atoms with Crippen molar-refractivity contribution in [3.8, 4) is 0 Å². The molecule has 0 unspecified atom stereocenters. The first-order valence-electron chi connectivity index (χ1n) is 13.1. The molecule has 0 aromatic heterocycles. The van der Waals surface area contributed by atoms with Gasteiger partial charge in [0.15, 0.2) is 0 Å². The van der Waals surface area contributed by atoms with Crippen LogP contribution in [0, 0.1) is 0 Å². The Bertz CT molecular complexity index is 888. The van der Waals surface area contributed by atoms with Crippen LogP contribution in [0.1, 0.15) is 86.5 Å². The first kappa shape index (κ1) is 32.2. The van der Waals surface area contributed by atoms with Crippen molar-refractivity contribution in [2.24, 2.45) is 5.10 Å². The summed E-state index contributed by atoms with van der Waals surface area (Å²) in [6.45, 7) is 11.1. The molecule has 39 heavy (non-hydrogen) atoms. The average Bonchev–Trinajstić information content (AvgIpc) is 3.11. The molecule has 2 rings (SSSR count). The van der Waals surface area contributed by atoms with Crippen LogP contribution >= 0.6 is 0 Å². The van der Waals surface area contributed by atoms with Crippen molar-refractivity contribution in [3.05, 3.63) is 0 Å². The topological polar surface area (TPSA) is 157 Å². The van der Waals surface area contributed by atoms with E-state index in [4.69, 9.17) is 29.5 Å². The molecule has 0 aromatic carbocycles. The van der Waals surface area contributed by atoms with Crippen LogP contribution < -0.4 is 0 Å². The van der Waals surface area contributed by atoms with Crippen molar-refractivity contribution in [1.82, 2.24) is 15.0 Å². The van der Waals surface area contributed by atoms with Crippen molar-refractivity contribution < 1.29 is 48.7 Å². The maximum Gasteiger partial charge on any atom is 0.489 e. The second-order valence-corrected chi connectivity index (χ2v) is 11.7. The Morgan fingerprint density at radius 3 is 2.28 bits per heavy atom. The van der Waals surface area contributed by atoms with Crippen LogP contribution in [0.15, 0.2) is 5.10 Å². The Kier molecular flexibility index (Phi) is 11.5. The van der Waals surface area contributed by atoms with Gasteiger partial charge < -0.3 is 14.7 Å². The molecule has 14 nitrogen and oxygen atoms in total. The minimum Gasteiger partial charge on any atom is -0.480 e. The third-order valence-electron chi connectivity index (χ3n) is 5.68. The van der Waals surface area contributed by atoms with Crippen LogP contribution in [0.2, 0.25) is 0 Å². The lowest BCUT2D eigenvalue weighted by Crippen LogP contribution is -2.48.